The Kier molecular flexibility index (Phi) is 5.83. The fourth-order valence-corrected chi connectivity index (χ4v) is 6.77. The summed E-state index contributed by atoms with van der Waals surface area (Å²) in [5, 5.41) is 3.69. The van der Waals surface area contributed by atoms with E-state index >= 15 is 4.39 Å². The van der Waals surface area contributed by atoms with Crippen LogP contribution in [0.5, 0.6) is 0 Å². The van der Waals surface area contributed by atoms with Crippen molar-refractivity contribution in [2.75, 3.05) is 0 Å². The predicted molar refractivity (Wildman–Crippen MR) is 149 cm³/mol. The third-order valence-electron chi connectivity index (χ3n) is 7.40. The first-order valence-electron chi connectivity index (χ1n) is 12.6. The Bertz CT molecular complexity index is 1670. The second kappa shape index (κ2) is 8.51. The topological polar surface area (TPSA) is 17.0 Å². The zero-order chi connectivity index (χ0) is 26.1. The number of pyridine rings is 1. The number of aromatic nitrogens is 1. The molecule has 5 rings (SSSR count). The molecule has 2 aromatic heterocycles. The highest BCUT2D eigenvalue weighted by atomic mass is 28.3. The second-order valence-corrected chi connectivity index (χ2v) is 16.7. The molecular weight excluding hydrogens is 468 g/mol. The number of halogens is 2. The number of fused-ring (bicyclic) bond motifs is 4. The van der Waals surface area contributed by atoms with Gasteiger partial charge in [-0.05, 0) is 72.3 Å². The molecule has 186 valence electrons. The van der Waals surface area contributed by atoms with Crippen molar-refractivity contribution in [3.63, 3.8) is 0 Å². The van der Waals surface area contributed by atoms with Crippen LogP contribution in [0.3, 0.4) is 0 Å². The molecule has 0 fully saturated rings. The maximum absolute atomic E-state index is 15.3. The summed E-state index contributed by atoms with van der Waals surface area (Å²) >= 11 is 0. The van der Waals surface area contributed by atoms with Crippen molar-refractivity contribution >= 4 is 46.1 Å². The van der Waals surface area contributed by atoms with Crippen molar-refractivity contribution in [3.05, 3.63) is 70.8 Å². The molecule has 0 aliphatic carbocycles. The zero-order valence-electron chi connectivity index (χ0n) is 22.4. The van der Waals surface area contributed by atoms with Crippen LogP contribution in [-0.2, 0) is 13.5 Å². The summed E-state index contributed by atoms with van der Waals surface area (Å²) in [7, 11) is 0.157. The summed E-state index contributed by atoms with van der Waals surface area (Å²) in [5.74, 6) is 0.00193. The van der Waals surface area contributed by atoms with Gasteiger partial charge in [0.25, 0.3) is 0 Å². The van der Waals surface area contributed by atoms with Gasteiger partial charge in [-0.2, -0.15) is 4.57 Å². The molecule has 0 spiro atoms. The molecule has 0 bridgehead atoms. The van der Waals surface area contributed by atoms with Crippen LogP contribution in [0.2, 0.25) is 19.6 Å². The van der Waals surface area contributed by atoms with Crippen molar-refractivity contribution in [1.82, 2.24) is 0 Å². The normalized spacial score (nSPS) is 12.5. The number of hydrogen-bond acceptors (Lipinski definition) is 1. The minimum Gasteiger partial charge on any atom is -0.455 e. The molecule has 5 aromatic rings. The molecule has 0 radical (unpaired) electrons. The van der Waals surface area contributed by atoms with Gasteiger partial charge in [0.2, 0.25) is 11.2 Å². The van der Waals surface area contributed by atoms with Crippen molar-refractivity contribution in [2.45, 2.75) is 53.8 Å². The van der Waals surface area contributed by atoms with E-state index < -0.39 is 8.07 Å². The summed E-state index contributed by atoms with van der Waals surface area (Å²) < 4.78 is 37.9. The molecule has 3 aromatic carbocycles. The van der Waals surface area contributed by atoms with Crippen molar-refractivity contribution in [3.8, 4) is 11.3 Å². The number of hydrogen-bond donors (Lipinski definition) is 0. The third-order valence-corrected chi connectivity index (χ3v) is 9.40. The van der Waals surface area contributed by atoms with Crippen molar-refractivity contribution < 1.29 is 17.8 Å². The quantitative estimate of drug-likeness (QED) is 0.180. The highest BCUT2D eigenvalue weighted by Gasteiger charge is 2.29. The van der Waals surface area contributed by atoms with Gasteiger partial charge in [-0.3, -0.25) is 0 Å². The molecule has 5 heteroatoms. The Morgan fingerprint density at radius 1 is 0.917 bits per heavy atom. The molecule has 0 aliphatic rings. The van der Waals surface area contributed by atoms with E-state index in [0.29, 0.717) is 11.5 Å². The monoisotopic (exact) mass is 502 g/mol. The molecule has 0 N–H and O–H groups in total. The number of nitrogens with zero attached hydrogens (tertiary/aromatic N) is 1. The highest BCUT2D eigenvalue weighted by Crippen LogP contribution is 2.39. The number of benzene rings is 3. The lowest BCUT2D eigenvalue weighted by Gasteiger charge is -2.19. The Labute approximate surface area is 212 Å². The minimum atomic E-state index is -1.90. The Morgan fingerprint density at radius 3 is 2.31 bits per heavy atom. The smallest absolute Gasteiger partial charge is 0.217 e. The molecule has 2 nitrogen and oxygen atoms in total. The first kappa shape index (κ1) is 24.6. The van der Waals surface area contributed by atoms with Crippen LogP contribution in [0.1, 0.15) is 30.5 Å². The first-order valence-corrected chi connectivity index (χ1v) is 16.1. The average molecular weight is 503 g/mol. The zero-order valence-corrected chi connectivity index (χ0v) is 23.4. The summed E-state index contributed by atoms with van der Waals surface area (Å²) in [4.78, 5) is 0. The number of furan rings is 1. The van der Waals surface area contributed by atoms with E-state index in [1.165, 1.54) is 12.1 Å². The van der Waals surface area contributed by atoms with Gasteiger partial charge in [0.05, 0.1) is 19.0 Å². The fourth-order valence-electron chi connectivity index (χ4n) is 5.41. The van der Waals surface area contributed by atoms with Gasteiger partial charge >= 0.3 is 0 Å². The van der Waals surface area contributed by atoms with Crippen LogP contribution in [0.4, 0.5) is 8.78 Å². The summed E-state index contributed by atoms with van der Waals surface area (Å²) in [6.45, 7) is 15.1. The van der Waals surface area contributed by atoms with E-state index in [-0.39, 0.29) is 11.6 Å². The molecule has 2 heterocycles. The van der Waals surface area contributed by atoms with E-state index in [0.717, 1.165) is 66.8 Å². The van der Waals surface area contributed by atoms with E-state index in [1.807, 2.05) is 0 Å². The van der Waals surface area contributed by atoms with Crippen molar-refractivity contribution in [2.24, 2.45) is 13.0 Å². The molecule has 36 heavy (non-hydrogen) atoms. The van der Waals surface area contributed by atoms with E-state index in [2.05, 4.69) is 77.1 Å². The van der Waals surface area contributed by atoms with Crippen LogP contribution < -0.4 is 9.75 Å². The van der Waals surface area contributed by atoms with Gasteiger partial charge in [0.1, 0.15) is 29.8 Å². The molecule has 0 aliphatic heterocycles. The van der Waals surface area contributed by atoms with Crippen LogP contribution in [0.25, 0.3) is 44.1 Å². The van der Waals surface area contributed by atoms with E-state index in [1.54, 1.807) is 12.1 Å². The molecule has 0 saturated carbocycles. The lowest BCUT2D eigenvalue weighted by atomic mass is 9.92. The van der Waals surface area contributed by atoms with Crippen LogP contribution in [0.15, 0.2) is 46.9 Å². The Balaban J connectivity index is 1.93. The van der Waals surface area contributed by atoms with Gasteiger partial charge in [0, 0.05) is 29.0 Å². The Hall–Kier alpha value is -3.05. The second-order valence-electron chi connectivity index (χ2n) is 11.6. The Morgan fingerprint density at radius 2 is 1.64 bits per heavy atom. The third kappa shape index (κ3) is 3.94. The molecule has 0 atom stereocenters. The standard InChI is InChI=1S/C31H34F2NOSi/c1-17(2)11-20-13-27(34(5)26-16-29(36(6,7)8)25(33)15-23(20)26)30-19(4)18(3)12-24-22-10-9-21(32)14-28(22)35-31(24)30/h9-10,12-17H,11H2,1-8H3/q+1. The number of aryl methyl sites for hydroxylation is 2. The van der Waals surface area contributed by atoms with E-state index in [9.17, 15) is 4.39 Å². The number of rotatable bonds is 4. The van der Waals surface area contributed by atoms with Gasteiger partial charge in [-0.15, -0.1) is 0 Å². The van der Waals surface area contributed by atoms with Gasteiger partial charge < -0.3 is 4.42 Å². The van der Waals surface area contributed by atoms with Crippen LogP contribution in [-0.4, -0.2) is 8.07 Å². The minimum absolute atomic E-state index is 0.104. The maximum atomic E-state index is 15.3. The van der Waals surface area contributed by atoms with Gasteiger partial charge in [-0.1, -0.05) is 33.5 Å². The molecule has 0 amide bonds. The van der Waals surface area contributed by atoms with Gasteiger partial charge in [0.15, 0.2) is 0 Å². The SMILES string of the molecule is Cc1cc2c(oc3cc(F)ccc32)c(-c2cc(CC(C)C)c3cc(F)c([Si](C)(C)C)cc3[n+]2C)c1C. The largest absolute Gasteiger partial charge is 0.455 e. The molecule has 0 saturated heterocycles. The lowest BCUT2D eigenvalue weighted by Crippen LogP contribution is -2.42. The average Bonchev–Trinajstić information content (AvgIpc) is 3.12. The first-order chi connectivity index (χ1) is 16.9. The highest BCUT2D eigenvalue weighted by molar-refractivity contribution is 6.88. The maximum Gasteiger partial charge on any atom is 0.217 e. The molecule has 0 unspecified atom stereocenters. The van der Waals surface area contributed by atoms with Crippen molar-refractivity contribution in [1.29, 1.82) is 0 Å². The molecular formula is C31H34F2NOSi+. The van der Waals surface area contributed by atoms with Crippen LogP contribution in [0, 0.1) is 31.4 Å². The predicted octanol–water partition coefficient (Wildman–Crippen LogP) is 7.87. The van der Waals surface area contributed by atoms with Gasteiger partial charge in [-0.25, -0.2) is 8.78 Å². The summed E-state index contributed by atoms with van der Waals surface area (Å²) in [6.07, 6.45) is 0.843. The summed E-state index contributed by atoms with van der Waals surface area (Å²) in [5.41, 5.74) is 7.77. The summed E-state index contributed by atoms with van der Waals surface area (Å²) in [6, 6.07) is 12.9. The lowest BCUT2D eigenvalue weighted by molar-refractivity contribution is -0.633. The fraction of sp³-hybridized carbons (Fsp3) is 0.323. The van der Waals surface area contributed by atoms with Crippen LogP contribution >= 0.6 is 0 Å². The van der Waals surface area contributed by atoms with E-state index in [4.69, 9.17) is 4.42 Å².